The fourth-order valence-electron chi connectivity index (χ4n) is 2.75. The van der Waals surface area contributed by atoms with Crippen LogP contribution in [-0.2, 0) is 6.42 Å². The Kier molecular flexibility index (Phi) is 4.17. The molecule has 2 heteroatoms. The predicted octanol–water partition coefficient (Wildman–Crippen LogP) is 2.95. The summed E-state index contributed by atoms with van der Waals surface area (Å²) in [6.45, 7) is 1.97. The van der Waals surface area contributed by atoms with Crippen LogP contribution in [0.2, 0.25) is 0 Å². The van der Waals surface area contributed by atoms with E-state index in [-0.39, 0.29) is 0 Å². The topological polar surface area (TPSA) is 27.0 Å². The molecule has 1 unspecified atom stereocenters. The molecule has 90 valence electrons. The van der Waals surface area contributed by atoms with Crippen LogP contribution in [-0.4, -0.2) is 25.0 Å². The lowest BCUT2D eigenvalue weighted by atomic mass is 9.82. The van der Waals surface area contributed by atoms with E-state index in [9.17, 15) is 0 Å². The second-order valence-corrected chi connectivity index (χ2v) is 4.96. The predicted molar refractivity (Wildman–Crippen MR) is 69.8 cm³/mol. The maximum Gasteiger partial charge on any atom is 0.0635 e. The van der Waals surface area contributed by atoms with Crippen molar-refractivity contribution in [3.63, 3.8) is 0 Å². The Morgan fingerprint density at radius 3 is 3.06 bits per heavy atom. The molecule has 0 aliphatic heterocycles. The van der Waals surface area contributed by atoms with Gasteiger partial charge in [-0.25, -0.2) is 0 Å². The van der Waals surface area contributed by atoms with Crippen LogP contribution in [0.4, 0.5) is 0 Å². The van der Waals surface area contributed by atoms with Crippen molar-refractivity contribution in [2.45, 2.75) is 31.6 Å². The van der Waals surface area contributed by atoms with Gasteiger partial charge in [-0.3, -0.25) is 0 Å². The Balaban J connectivity index is 2.01. The van der Waals surface area contributed by atoms with Gasteiger partial charge < -0.3 is 4.90 Å². The number of nitriles is 1. The second kappa shape index (κ2) is 5.84. The third kappa shape index (κ3) is 3.08. The maximum absolute atomic E-state index is 8.60. The molecule has 17 heavy (non-hydrogen) atoms. The van der Waals surface area contributed by atoms with Gasteiger partial charge in [0.2, 0.25) is 0 Å². The first-order chi connectivity index (χ1) is 8.31. The van der Waals surface area contributed by atoms with Crippen molar-refractivity contribution in [3.05, 3.63) is 35.4 Å². The largest absolute Gasteiger partial charge is 0.305 e. The highest BCUT2D eigenvalue weighted by atomic mass is 15.1. The molecule has 0 aromatic heterocycles. The first-order valence-corrected chi connectivity index (χ1v) is 6.44. The summed E-state index contributed by atoms with van der Waals surface area (Å²) < 4.78 is 0. The van der Waals surface area contributed by atoms with E-state index in [0.717, 1.165) is 13.1 Å². The van der Waals surface area contributed by atoms with Crippen LogP contribution >= 0.6 is 0 Å². The van der Waals surface area contributed by atoms with Gasteiger partial charge in [0.15, 0.2) is 0 Å². The fraction of sp³-hybridized carbons (Fsp3) is 0.533. The molecular weight excluding hydrogens is 208 g/mol. The number of rotatable bonds is 4. The van der Waals surface area contributed by atoms with Crippen LogP contribution in [0, 0.1) is 11.3 Å². The van der Waals surface area contributed by atoms with Crippen LogP contribution in [0.1, 0.15) is 36.3 Å². The summed E-state index contributed by atoms with van der Waals surface area (Å²) in [5.74, 6) is 0.656. The summed E-state index contributed by atoms with van der Waals surface area (Å²) in [6, 6.07) is 11.0. The van der Waals surface area contributed by atoms with E-state index >= 15 is 0 Å². The van der Waals surface area contributed by atoms with E-state index < -0.39 is 0 Å². The van der Waals surface area contributed by atoms with E-state index in [1.54, 1.807) is 0 Å². The summed E-state index contributed by atoms with van der Waals surface area (Å²) in [5, 5.41) is 8.60. The van der Waals surface area contributed by atoms with Gasteiger partial charge in [-0.05, 0) is 43.4 Å². The summed E-state index contributed by atoms with van der Waals surface area (Å²) in [6.07, 6.45) is 4.45. The number of hydrogen-bond acceptors (Lipinski definition) is 2. The number of aryl methyl sites for hydroxylation is 1. The van der Waals surface area contributed by atoms with E-state index in [1.165, 1.54) is 30.4 Å². The van der Waals surface area contributed by atoms with Crippen LogP contribution in [0.15, 0.2) is 24.3 Å². The summed E-state index contributed by atoms with van der Waals surface area (Å²) >= 11 is 0. The third-order valence-corrected chi connectivity index (χ3v) is 3.63. The second-order valence-electron chi connectivity index (χ2n) is 4.96. The molecular formula is C15H20N2. The van der Waals surface area contributed by atoms with Gasteiger partial charge in [-0.1, -0.05) is 24.3 Å². The molecule has 0 bridgehead atoms. The highest BCUT2D eigenvalue weighted by Crippen LogP contribution is 2.31. The van der Waals surface area contributed by atoms with Crippen molar-refractivity contribution in [3.8, 4) is 6.07 Å². The zero-order valence-corrected chi connectivity index (χ0v) is 10.5. The quantitative estimate of drug-likeness (QED) is 0.792. The van der Waals surface area contributed by atoms with Gasteiger partial charge >= 0.3 is 0 Å². The molecule has 0 fully saturated rings. The summed E-state index contributed by atoms with van der Waals surface area (Å²) in [4.78, 5) is 2.29. The molecule has 1 aromatic carbocycles. The standard InChI is InChI=1S/C15H20N2/c1-17(11-5-10-16)12-14-8-4-7-13-6-2-3-9-15(13)14/h2-3,6,9,14H,4-5,7-8,11-12H2,1H3. The maximum atomic E-state index is 8.60. The number of nitrogens with zero attached hydrogens (tertiary/aromatic N) is 2. The molecule has 0 saturated carbocycles. The Hall–Kier alpha value is -1.33. The van der Waals surface area contributed by atoms with Crippen molar-refractivity contribution < 1.29 is 0 Å². The molecule has 1 aliphatic carbocycles. The Morgan fingerprint density at radius 2 is 2.24 bits per heavy atom. The van der Waals surface area contributed by atoms with Crippen molar-refractivity contribution in [1.29, 1.82) is 5.26 Å². The van der Waals surface area contributed by atoms with Crippen molar-refractivity contribution in [1.82, 2.24) is 4.90 Å². The lowest BCUT2D eigenvalue weighted by Crippen LogP contribution is -2.27. The molecule has 1 aromatic rings. The number of likely N-dealkylation sites (N-methyl/N-ethyl adjacent to an activating group) is 1. The minimum absolute atomic E-state index is 0.630. The van der Waals surface area contributed by atoms with E-state index in [0.29, 0.717) is 12.3 Å². The van der Waals surface area contributed by atoms with Crippen molar-refractivity contribution >= 4 is 0 Å². The van der Waals surface area contributed by atoms with Crippen molar-refractivity contribution in [2.75, 3.05) is 20.1 Å². The lowest BCUT2D eigenvalue weighted by Gasteiger charge is -2.29. The van der Waals surface area contributed by atoms with Gasteiger partial charge in [0.05, 0.1) is 6.07 Å². The van der Waals surface area contributed by atoms with Crippen LogP contribution in [0.3, 0.4) is 0 Å². The highest BCUT2D eigenvalue weighted by molar-refractivity contribution is 5.32. The smallest absolute Gasteiger partial charge is 0.0635 e. The molecule has 0 heterocycles. The average molecular weight is 228 g/mol. The van der Waals surface area contributed by atoms with Gasteiger partial charge in [0.25, 0.3) is 0 Å². The third-order valence-electron chi connectivity index (χ3n) is 3.63. The normalized spacial score (nSPS) is 18.8. The lowest BCUT2D eigenvalue weighted by molar-refractivity contribution is 0.304. The zero-order valence-electron chi connectivity index (χ0n) is 10.5. The Morgan fingerprint density at radius 1 is 1.41 bits per heavy atom. The number of hydrogen-bond donors (Lipinski definition) is 0. The first kappa shape index (κ1) is 12.1. The van der Waals surface area contributed by atoms with Gasteiger partial charge in [-0.15, -0.1) is 0 Å². The van der Waals surface area contributed by atoms with Gasteiger partial charge in [-0.2, -0.15) is 5.26 Å². The monoisotopic (exact) mass is 228 g/mol. The van der Waals surface area contributed by atoms with E-state index in [1.807, 2.05) is 0 Å². The van der Waals surface area contributed by atoms with Crippen LogP contribution in [0.5, 0.6) is 0 Å². The summed E-state index contributed by atoms with van der Waals surface area (Å²) in [5.41, 5.74) is 3.06. The molecule has 2 nitrogen and oxygen atoms in total. The summed E-state index contributed by atoms with van der Waals surface area (Å²) in [7, 11) is 2.12. The first-order valence-electron chi connectivity index (χ1n) is 6.44. The molecule has 2 rings (SSSR count). The molecule has 1 aliphatic rings. The molecule has 0 spiro atoms. The minimum Gasteiger partial charge on any atom is -0.305 e. The molecule has 1 atom stereocenters. The fourth-order valence-corrected chi connectivity index (χ4v) is 2.75. The van der Waals surface area contributed by atoms with Crippen molar-refractivity contribution in [2.24, 2.45) is 0 Å². The highest BCUT2D eigenvalue weighted by Gasteiger charge is 2.20. The number of benzene rings is 1. The van der Waals surface area contributed by atoms with E-state index in [2.05, 4.69) is 42.3 Å². The van der Waals surface area contributed by atoms with Crippen LogP contribution in [0.25, 0.3) is 0 Å². The van der Waals surface area contributed by atoms with Crippen LogP contribution < -0.4 is 0 Å². The average Bonchev–Trinajstić information content (AvgIpc) is 2.37. The molecule has 0 radical (unpaired) electrons. The van der Waals surface area contributed by atoms with E-state index in [4.69, 9.17) is 5.26 Å². The van der Waals surface area contributed by atoms with Gasteiger partial charge in [0, 0.05) is 19.5 Å². The number of fused-ring (bicyclic) bond motifs is 1. The molecule has 0 saturated heterocycles. The molecule has 0 amide bonds. The van der Waals surface area contributed by atoms with Gasteiger partial charge in [0.1, 0.15) is 0 Å². The Bertz CT molecular complexity index is 406. The SMILES string of the molecule is CN(CCC#N)CC1CCCc2ccccc21. The zero-order chi connectivity index (χ0) is 12.1. The Labute approximate surface area is 104 Å². The molecule has 0 N–H and O–H groups in total. The minimum atomic E-state index is 0.630.